The molecule has 6 aromatic rings. The van der Waals surface area contributed by atoms with Crippen LogP contribution in [0.25, 0.3) is 54.6 Å². The van der Waals surface area contributed by atoms with Crippen molar-refractivity contribution in [2.45, 2.75) is 20.8 Å². The molecule has 0 saturated heterocycles. The molecule has 0 bridgehead atoms. The van der Waals surface area contributed by atoms with E-state index >= 15 is 0 Å². The van der Waals surface area contributed by atoms with Crippen LogP contribution < -0.4 is 10.9 Å². The molecule has 0 radical (unpaired) electrons. The fourth-order valence-corrected chi connectivity index (χ4v) is 5.22. The summed E-state index contributed by atoms with van der Waals surface area (Å²) in [7, 11) is 0. The standard InChI is InChI=1S/C29H20O10/c1-9-4-14(30)25-19(38-9)5-12-21(15(31)7-17(33)23(12)28(25)36)22-13-6-20-26(27(35)10(2)11(3)39-20)29(37)24(13)18(34)8-16(22)32/h4-8,30,33-37H,1-3H3. The Morgan fingerprint density at radius 3 is 1.54 bits per heavy atom. The molecule has 0 amide bonds. The lowest BCUT2D eigenvalue weighted by atomic mass is 9.90. The Labute approximate surface area is 217 Å². The largest absolute Gasteiger partial charge is 0.507 e. The number of aromatic hydroxyl groups is 6. The fraction of sp³-hybridized carbons (Fsp3) is 0.103. The molecule has 10 nitrogen and oxygen atoms in total. The first-order chi connectivity index (χ1) is 18.4. The average molecular weight is 528 g/mol. The molecule has 0 atom stereocenters. The summed E-state index contributed by atoms with van der Waals surface area (Å²) >= 11 is 0. The zero-order valence-corrected chi connectivity index (χ0v) is 20.7. The second-order valence-corrected chi connectivity index (χ2v) is 9.45. The van der Waals surface area contributed by atoms with Crippen molar-refractivity contribution in [1.29, 1.82) is 0 Å². The highest BCUT2D eigenvalue weighted by atomic mass is 16.3. The lowest BCUT2D eigenvalue weighted by Crippen LogP contribution is -2.12. The molecule has 0 unspecified atom stereocenters. The van der Waals surface area contributed by atoms with Gasteiger partial charge in [-0.15, -0.1) is 0 Å². The van der Waals surface area contributed by atoms with Crippen LogP contribution in [0.3, 0.4) is 0 Å². The van der Waals surface area contributed by atoms with E-state index in [1.165, 1.54) is 18.2 Å². The molecule has 6 N–H and O–H groups in total. The van der Waals surface area contributed by atoms with Gasteiger partial charge in [-0.3, -0.25) is 9.59 Å². The zero-order valence-electron chi connectivity index (χ0n) is 20.7. The second-order valence-electron chi connectivity index (χ2n) is 9.45. The van der Waals surface area contributed by atoms with E-state index in [0.29, 0.717) is 11.3 Å². The summed E-state index contributed by atoms with van der Waals surface area (Å²) < 4.78 is 11.4. The Hall–Kier alpha value is -5.38. The molecule has 0 aliphatic heterocycles. The molecule has 0 fully saturated rings. The van der Waals surface area contributed by atoms with E-state index in [1.54, 1.807) is 20.8 Å². The highest BCUT2D eigenvalue weighted by Crippen LogP contribution is 2.48. The molecule has 6 rings (SSSR count). The van der Waals surface area contributed by atoms with E-state index in [0.717, 1.165) is 12.1 Å². The van der Waals surface area contributed by atoms with Gasteiger partial charge >= 0.3 is 0 Å². The molecule has 4 aromatic carbocycles. The van der Waals surface area contributed by atoms with Crippen molar-refractivity contribution >= 4 is 43.5 Å². The van der Waals surface area contributed by atoms with Crippen LogP contribution in [-0.2, 0) is 0 Å². The van der Waals surface area contributed by atoms with Crippen LogP contribution in [0.15, 0.2) is 48.8 Å². The minimum absolute atomic E-state index is 0.0220. The molecule has 39 heavy (non-hydrogen) atoms. The lowest BCUT2D eigenvalue weighted by molar-refractivity contribution is 0.447. The third kappa shape index (κ3) is 3.14. The minimum Gasteiger partial charge on any atom is -0.507 e. The quantitative estimate of drug-likeness (QED) is 0.158. The third-order valence-corrected chi connectivity index (χ3v) is 7.11. The summed E-state index contributed by atoms with van der Waals surface area (Å²) in [6, 6.07) is 5.52. The van der Waals surface area contributed by atoms with Gasteiger partial charge in [0.1, 0.15) is 68.0 Å². The number of phenolic OH excluding ortho intramolecular Hbond substituents is 4. The Morgan fingerprint density at radius 1 is 0.538 bits per heavy atom. The molecule has 2 heterocycles. The van der Waals surface area contributed by atoms with Gasteiger partial charge in [-0.1, -0.05) is 0 Å². The van der Waals surface area contributed by atoms with Gasteiger partial charge in [-0.25, -0.2) is 0 Å². The maximum atomic E-state index is 13.4. The molecular formula is C29H20O10. The first-order valence-corrected chi connectivity index (χ1v) is 11.7. The Morgan fingerprint density at radius 2 is 1.00 bits per heavy atom. The minimum atomic E-state index is -0.806. The van der Waals surface area contributed by atoms with Gasteiger partial charge in [0.25, 0.3) is 0 Å². The summed E-state index contributed by atoms with van der Waals surface area (Å²) in [5, 5.41) is 63.8. The maximum absolute atomic E-state index is 13.4. The van der Waals surface area contributed by atoms with Crippen LogP contribution in [-0.4, -0.2) is 30.6 Å². The summed E-state index contributed by atoms with van der Waals surface area (Å²) in [5.74, 6) is -2.37. The number of hydrogen-bond donors (Lipinski definition) is 6. The van der Waals surface area contributed by atoms with Crippen LogP contribution in [0.4, 0.5) is 0 Å². The van der Waals surface area contributed by atoms with Gasteiger partial charge in [-0.2, -0.15) is 0 Å². The van der Waals surface area contributed by atoms with Crippen molar-refractivity contribution in [3.05, 3.63) is 67.9 Å². The monoisotopic (exact) mass is 528 g/mol. The number of benzene rings is 4. The fourth-order valence-electron chi connectivity index (χ4n) is 5.22. The third-order valence-electron chi connectivity index (χ3n) is 7.11. The van der Waals surface area contributed by atoms with E-state index < -0.39 is 33.9 Å². The molecule has 0 aliphatic rings. The van der Waals surface area contributed by atoms with Crippen LogP contribution in [0, 0.1) is 20.8 Å². The predicted molar refractivity (Wildman–Crippen MR) is 143 cm³/mol. The second kappa shape index (κ2) is 7.81. The Balaban J connectivity index is 1.88. The molecule has 0 saturated carbocycles. The summed E-state index contributed by atoms with van der Waals surface area (Å²) in [5.41, 5.74) is -1.84. The van der Waals surface area contributed by atoms with Crippen LogP contribution >= 0.6 is 0 Å². The van der Waals surface area contributed by atoms with Crippen molar-refractivity contribution in [3.8, 4) is 45.6 Å². The highest BCUT2D eigenvalue weighted by molar-refractivity contribution is 6.18. The van der Waals surface area contributed by atoms with Gasteiger partial charge in [-0.05, 0) is 32.9 Å². The van der Waals surface area contributed by atoms with Gasteiger partial charge in [0.2, 0.25) is 0 Å². The van der Waals surface area contributed by atoms with Crippen LogP contribution in [0.2, 0.25) is 0 Å². The van der Waals surface area contributed by atoms with Gasteiger partial charge < -0.3 is 39.5 Å². The number of hydrogen-bond acceptors (Lipinski definition) is 10. The summed E-state index contributed by atoms with van der Waals surface area (Å²) in [4.78, 5) is 26.7. The van der Waals surface area contributed by atoms with Crippen LogP contribution in [0.5, 0.6) is 34.5 Å². The van der Waals surface area contributed by atoms with Crippen molar-refractivity contribution in [1.82, 2.24) is 0 Å². The maximum Gasteiger partial charge on any atom is 0.190 e. The first-order valence-electron chi connectivity index (χ1n) is 11.7. The van der Waals surface area contributed by atoms with Gasteiger partial charge in [0.15, 0.2) is 10.9 Å². The van der Waals surface area contributed by atoms with Crippen molar-refractivity contribution in [2.24, 2.45) is 0 Å². The van der Waals surface area contributed by atoms with Gasteiger partial charge in [0.05, 0.1) is 10.8 Å². The predicted octanol–water partition coefficient (Wildman–Crippen LogP) is 5.03. The van der Waals surface area contributed by atoms with Crippen molar-refractivity contribution in [2.75, 3.05) is 0 Å². The lowest BCUT2D eigenvalue weighted by Gasteiger charge is -2.16. The summed E-state index contributed by atoms with van der Waals surface area (Å²) in [6.07, 6.45) is 0. The van der Waals surface area contributed by atoms with Crippen molar-refractivity contribution < 1.29 is 39.5 Å². The number of rotatable bonds is 1. The molecule has 10 heteroatoms. The topological polar surface area (TPSA) is 182 Å². The van der Waals surface area contributed by atoms with E-state index in [-0.39, 0.29) is 71.9 Å². The Kier molecular flexibility index (Phi) is 4.80. The normalized spacial score (nSPS) is 11.8. The number of fused-ring (bicyclic) bond motifs is 4. The number of aryl methyl sites for hydroxylation is 2. The van der Waals surface area contributed by atoms with Crippen molar-refractivity contribution in [3.63, 3.8) is 0 Å². The molecule has 196 valence electrons. The van der Waals surface area contributed by atoms with E-state index in [1.807, 2.05) is 0 Å². The zero-order chi connectivity index (χ0) is 28.1. The van der Waals surface area contributed by atoms with Crippen LogP contribution in [0.1, 0.15) is 17.1 Å². The molecule has 2 aromatic heterocycles. The molecular weight excluding hydrogens is 508 g/mol. The SMILES string of the molecule is Cc1cc(O)c2c(O)c3c(O)cc(=O)c(-c4c(=O)cc(O)c5c(O)c6c(O)c(C)c(C)oc6cc45)c3cc2o1. The molecule has 0 spiro atoms. The number of phenols is 4. The average Bonchev–Trinajstić information content (AvgIpc) is 2.83. The Bertz CT molecular complexity index is 2200. The highest BCUT2D eigenvalue weighted by Gasteiger charge is 2.26. The smallest absolute Gasteiger partial charge is 0.190 e. The van der Waals surface area contributed by atoms with E-state index in [2.05, 4.69) is 0 Å². The van der Waals surface area contributed by atoms with Gasteiger partial charge in [0, 0.05) is 45.7 Å². The van der Waals surface area contributed by atoms with E-state index in [4.69, 9.17) is 8.83 Å². The molecule has 0 aliphatic carbocycles. The van der Waals surface area contributed by atoms with E-state index in [9.17, 15) is 40.2 Å². The first kappa shape index (κ1) is 24.0. The summed E-state index contributed by atoms with van der Waals surface area (Å²) in [6.45, 7) is 4.73.